The van der Waals surface area contributed by atoms with E-state index in [0.717, 1.165) is 23.2 Å². The van der Waals surface area contributed by atoms with Gasteiger partial charge >= 0.3 is 0 Å². The normalized spacial score (nSPS) is 11.9. The van der Waals surface area contributed by atoms with Crippen LogP contribution in [-0.2, 0) is 17.8 Å². The van der Waals surface area contributed by atoms with Gasteiger partial charge in [-0.1, -0.05) is 25.1 Å². The molecule has 20 heavy (non-hydrogen) atoms. The number of para-hydroxylation sites is 1. The summed E-state index contributed by atoms with van der Waals surface area (Å²) in [6, 6.07) is 8.03. The van der Waals surface area contributed by atoms with E-state index in [1.807, 2.05) is 32.0 Å². The number of rotatable bonds is 6. The van der Waals surface area contributed by atoms with Gasteiger partial charge in [0.1, 0.15) is 11.3 Å². The lowest BCUT2D eigenvalue weighted by Crippen LogP contribution is -2.42. The van der Waals surface area contributed by atoms with E-state index < -0.39 is 0 Å². The van der Waals surface area contributed by atoms with Crippen LogP contribution >= 0.6 is 0 Å². The Bertz CT molecular complexity index is 614. The Morgan fingerprint density at radius 1 is 1.35 bits per heavy atom. The average Bonchev–Trinajstić information content (AvgIpc) is 2.72. The summed E-state index contributed by atoms with van der Waals surface area (Å²) in [5.74, 6) is 0.698. The van der Waals surface area contributed by atoms with E-state index in [9.17, 15) is 4.79 Å². The molecule has 0 spiro atoms. The van der Waals surface area contributed by atoms with Crippen LogP contribution in [0.15, 0.2) is 28.7 Å². The van der Waals surface area contributed by atoms with Crippen molar-refractivity contribution in [1.29, 1.82) is 0 Å². The van der Waals surface area contributed by atoms with Crippen LogP contribution in [0.1, 0.15) is 38.5 Å². The van der Waals surface area contributed by atoms with Crippen molar-refractivity contribution in [2.45, 2.75) is 45.7 Å². The number of amides is 1. The van der Waals surface area contributed by atoms with E-state index in [4.69, 9.17) is 10.2 Å². The first-order valence-electron chi connectivity index (χ1n) is 6.95. The third-order valence-electron chi connectivity index (χ3n) is 3.46. The van der Waals surface area contributed by atoms with E-state index in [1.165, 1.54) is 5.56 Å². The second-order valence-corrected chi connectivity index (χ2v) is 5.73. The van der Waals surface area contributed by atoms with Crippen molar-refractivity contribution in [1.82, 2.24) is 5.32 Å². The first-order chi connectivity index (χ1) is 9.43. The topological polar surface area (TPSA) is 68.3 Å². The molecule has 0 aliphatic rings. The molecule has 0 saturated heterocycles. The summed E-state index contributed by atoms with van der Waals surface area (Å²) < 4.78 is 5.86. The molecule has 3 N–H and O–H groups in total. The van der Waals surface area contributed by atoms with Gasteiger partial charge in [-0.25, -0.2) is 0 Å². The van der Waals surface area contributed by atoms with Gasteiger partial charge in [-0.05, 0) is 19.9 Å². The van der Waals surface area contributed by atoms with Crippen LogP contribution in [0.2, 0.25) is 0 Å². The van der Waals surface area contributed by atoms with Crippen LogP contribution in [0.5, 0.6) is 0 Å². The molecule has 1 aromatic heterocycles. The lowest BCUT2D eigenvalue weighted by molar-refractivity contribution is -0.119. The number of carbonyl (C=O) groups excluding carboxylic acids is 1. The maximum Gasteiger partial charge on any atom is 0.219 e. The van der Waals surface area contributed by atoms with Crippen molar-refractivity contribution in [3.8, 4) is 0 Å². The highest BCUT2D eigenvalue weighted by atomic mass is 16.3. The quantitative estimate of drug-likeness (QED) is 0.851. The SMILES string of the molecule is CCc1oc2ccccc2c1CNC(C)(C)CC(N)=O. The highest BCUT2D eigenvalue weighted by Gasteiger charge is 2.21. The zero-order valence-electron chi connectivity index (χ0n) is 12.3. The van der Waals surface area contributed by atoms with Gasteiger partial charge in [-0.15, -0.1) is 0 Å². The van der Waals surface area contributed by atoms with Crippen molar-refractivity contribution in [3.63, 3.8) is 0 Å². The molecule has 2 rings (SSSR count). The van der Waals surface area contributed by atoms with Crippen LogP contribution in [0, 0.1) is 0 Å². The fourth-order valence-corrected chi connectivity index (χ4v) is 2.45. The molecule has 0 bridgehead atoms. The minimum absolute atomic E-state index is 0.296. The van der Waals surface area contributed by atoms with Crippen molar-refractivity contribution in [2.24, 2.45) is 5.73 Å². The molecule has 0 fully saturated rings. The second-order valence-electron chi connectivity index (χ2n) is 5.73. The first-order valence-corrected chi connectivity index (χ1v) is 6.95. The maximum absolute atomic E-state index is 11.1. The fourth-order valence-electron chi connectivity index (χ4n) is 2.45. The smallest absolute Gasteiger partial charge is 0.219 e. The monoisotopic (exact) mass is 274 g/mol. The van der Waals surface area contributed by atoms with E-state index in [0.29, 0.717) is 13.0 Å². The summed E-state index contributed by atoms with van der Waals surface area (Å²) in [6.45, 7) is 6.70. The lowest BCUT2D eigenvalue weighted by Gasteiger charge is -2.24. The van der Waals surface area contributed by atoms with Gasteiger partial charge in [0.2, 0.25) is 5.91 Å². The molecule has 0 unspecified atom stereocenters. The third-order valence-corrected chi connectivity index (χ3v) is 3.46. The minimum atomic E-state index is -0.324. The number of primary amides is 1. The van der Waals surface area contributed by atoms with E-state index in [-0.39, 0.29) is 11.4 Å². The molecule has 2 aromatic rings. The zero-order valence-corrected chi connectivity index (χ0v) is 12.3. The Hall–Kier alpha value is -1.81. The van der Waals surface area contributed by atoms with Gasteiger partial charge in [0.25, 0.3) is 0 Å². The summed E-state index contributed by atoms with van der Waals surface area (Å²) in [5, 5.41) is 4.53. The molecule has 0 aliphatic heterocycles. The molecule has 0 saturated carbocycles. The van der Waals surface area contributed by atoms with Crippen molar-refractivity contribution in [3.05, 3.63) is 35.6 Å². The standard InChI is InChI=1S/C16H22N2O2/c1-4-13-12(10-18-16(2,3)9-15(17)19)11-7-5-6-8-14(11)20-13/h5-8,18H,4,9-10H2,1-3H3,(H2,17,19). The highest BCUT2D eigenvalue weighted by molar-refractivity contribution is 5.82. The van der Waals surface area contributed by atoms with Crippen molar-refractivity contribution < 1.29 is 9.21 Å². The van der Waals surface area contributed by atoms with Gasteiger partial charge < -0.3 is 15.5 Å². The fraction of sp³-hybridized carbons (Fsp3) is 0.438. The Morgan fingerprint density at radius 3 is 2.70 bits per heavy atom. The van der Waals surface area contributed by atoms with Crippen LogP contribution in [0.3, 0.4) is 0 Å². The third kappa shape index (κ3) is 3.20. The van der Waals surface area contributed by atoms with E-state index in [1.54, 1.807) is 0 Å². The molecule has 0 radical (unpaired) electrons. The van der Waals surface area contributed by atoms with Gasteiger partial charge in [-0.3, -0.25) is 4.79 Å². The zero-order chi connectivity index (χ0) is 14.8. The number of benzene rings is 1. The van der Waals surface area contributed by atoms with Crippen molar-refractivity contribution in [2.75, 3.05) is 0 Å². The number of furan rings is 1. The lowest BCUT2D eigenvalue weighted by atomic mass is 9.99. The molecular weight excluding hydrogens is 252 g/mol. The molecule has 108 valence electrons. The average molecular weight is 274 g/mol. The Kier molecular flexibility index (Phi) is 4.14. The Morgan fingerprint density at radius 2 is 2.05 bits per heavy atom. The molecule has 1 aromatic carbocycles. The van der Waals surface area contributed by atoms with Crippen LogP contribution in [0.25, 0.3) is 11.0 Å². The number of nitrogens with two attached hydrogens (primary N) is 1. The molecule has 4 nitrogen and oxygen atoms in total. The number of aryl methyl sites for hydroxylation is 1. The minimum Gasteiger partial charge on any atom is -0.461 e. The number of fused-ring (bicyclic) bond motifs is 1. The highest BCUT2D eigenvalue weighted by Crippen LogP contribution is 2.26. The number of hydrogen-bond acceptors (Lipinski definition) is 3. The predicted molar refractivity (Wildman–Crippen MR) is 80.3 cm³/mol. The predicted octanol–water partition coefficient (Wildman–Crippen LogP) is 2.74. The van der Waals surface area contributed by atoms with Crippen molar-refractivity contribution >= 4 is 16.9 Å². The van der Waals surface area contributed by atoms with Gasteiger partial charge in [-0.2, -0.15) is 0 Å². The maximum atomic E-state index is 11.1. The molecular formula is C16H22N2O2. The summed E-state index contributed by atoms with van der Waals surface area (Å²) in [6.07, 6.45) is 1.16. The van der Waals surface area contributed by atoms with Gasteiger partial charge in [0.05, 0.1) is 0 Å². The number of carbonyl (C=O) groups is 1. The van der Waals surface area contributed by atoms with Gasteiger partial charge in [0.15, 0.2) is 0 Å². The van der Waals surface area contributed by atoms with E-state index in [2.05, 4.69) is 18.3 Å². The molecule has 0 aliphatic carbocycles. The Balaban J connectivity index is 2.23. The molecule has 0 atom stereocenters. The summed E-state index contributed by atoms with van der Waals surface area (Å²) in [5.41, 5.74) is 7.03. The number of nitrogens with one attached hydrogen (secondary N) is 1. The molecule has 1 amide bonds. The van der Waals surface area contributed by atoms with Crippen LogP contribution in [0.4, 0.5) is 0 Å². The van der Waals surface area contributed by atoms with Crippen LogP contribution < -0.4 is 11.1 Å². The first kappa shape index (κ1) is 14.6. The molecule has 1 heterocycles. The van der Waals surface area contributed by atoms with Crippen LogP contribution in [-0.4, -0.2) is 11.4 Å². The summed E-state index contributed by atoms with van der Waals surface area (Å²) >= 11 is 0. The largest absolute Gasteiger partial charge is 0.461 e. The van der Waals surface area contributed by atoms with E-state index >= 15 is 0 Å². The number of hydrogen-bond donors (Lipinski definition) is 2. The summed E-state index contributed by atoms with van der Waals surface area (Å²) in [7, 11) is 0. The Labute approximate surface area is 119 Å². The second kappa shape index (κ2) is 5.67. The summed E-state index contributed by atoms with van der Waals surface area (Å²) in [4.78, 5) is 11.1. The molecule has 4 heteroatoms. The van der Waals surface area contributed by atoms with Gasteiger partial charge in [0, 0.05) is 35.9 Å².